The lowest BCUT2D eigenvalue weighted by Crippen LogP contribution is -2.42. The average molecular weight is 261 g/mol. The molecule has 0 aliphatic heterocycles. The number of unbranched alkanes of at least 4 members (excludes halogenated alkanes) is 1. The van der Waals surface area contributed by atoms with Crippen LogP contribution < -0.4 is 0 Å². The van der Waals surface area contributed by atoms with Crippen molar-refractivity contribution in [3.8, 4) is 6.07 Å². The normalized spacial score (nSPS) is 38.5. The van der Waals surface area contributed by atoms with Gasteiger partial charge in [0, 0.05) is 0 Å². The summed E-state index contributed by atoms with van der Waals surface area (Å²) in [7, 11) is 0. The maximum atomic E-state index is 9.82. The predicted molar refractivity (Wildman–Crippen MR) is 80.7 cm³/mol. The summed E-state index contributed by atoms with van der Waals surface area (Å²) in [4.78, 5) is 0. The van der Waals surface area contributed by atoms with Crippen LogP contribution in [0, 0.1) is 34.5 Å². The first-order chi connectivity index (χ1) is 9.25. The van der Waals surface area contributed by atoms with Gasteiger partial charge in [-0.15, -0.1) is 0 Å². The number of rotatable bonds is 5. The largest absolute Gasteiger partial charge is 0.198 e. The summed E-state index contributed by atoms with van der Waals surface area (Å²) in [6, 6.07) is 2.79. The molecule has 108 valence electrons. The minimum atomic E-state index is 0.0442. The van der Waals surface area contributed by atoms with Crippen molar-refractivity contribution < 1.29 is 0 Å². The molecule has 0 radical (unpaired) electrons. The molecule has 0 amide bonds. The van der Waals surface area contributed by atoms with Gasteiger partial charge in [-0.25, -0.2) is 0 Å². The molecular weight excluding hydrogens is 230 g/mol. The van der Waals surface area contributed by atoms with E-state index in [4.69, 9.17) is 0 Å². The zero-order valence-corrected chi connectivity index (χ0v) is 13.0. The van der Waals surface area contributed by atoms with Crippen molar-refractivity contribution in [2.75, 3.05) is 0 Å². The third kappa shape index (κ3) is 3.15. The summed E-state index contributed by atoms with van der Waals surface area (Å²) in [5, 5.41) is 9.82. The molecule has 0 aromatic rings. The van der Waals surface area contributed by atoms with Gasteiger partial charge in [0.25, 0.3) is 0 Å². The average Bonchev–Trinajstić information content (AvgIpc) is 2.45. The molecule has 2 rings (SSSR count). The van der Waals surface area contributed by atoms with Crippen molar-refractivity contribution >= 4 is 0 Å². The van der Waals surface area contributed by atoms with Crippen LogP contribution in [0.25, 0.3) is 0 Å². The van der Waals surface area contributed by atoms with Crippen LogP contribution in [0.1, 0.15) is 84.5 Å². The Labute approximate surface area is 119 Å². The SMILES string of the molecule is CCCC[C@@H]1CC[C@@H]2CCCC(C#N)(CCC)[C@@H]2C1. The van der Waals surface area contributed by atoms with Crippen molar-refractivity contribution in [2.24, 2.45) is 23.2 Å². The second kappa shape index (κ2) is 6.78. The first-order valence-electron chi connectivity index (χ1n) is 8.67. The lowest BCUT2D eigenvalue weighted by molar-refractivity contribution is 0.0226. The molecule has 0 spiro atoms. The van der Waals surface area contributed by atoms with Crippen LogP contribution in [0.3, 0.4) is 0 Å². The highest BCUT2D eigenvalue weighted by Gasteiger charge is 2.47. The Hall–Kier alpha value is -0.510. The van der Waals surface area contributed by atoms with Crippen LogP contribution in [0.2, 0.25) is 0 Å². The summed E-state index contributed by atoms with van der Waals surface area (Å²) in [5.41, 5.74) is 0.0442. The second-order valence-electron chi connectivity index (χ2n) is 7.10. The predicted octanol–water partition coefficient (Wildman–Crippen LogP) is 5.70. The van der Waals surface area contributed by atoms with Crippen LogP contribution >= 0.6 is 0 Å². The lowest BCUT2D eigenvalue weighted by atomic mass is 9.54. The molecule has 2 fully saturated rings. The smallest absolute Gasteiger partial charge is 0.0692 e. The van der Waals surface area contributed by atoms with E-state index in [1.54, 1.807) is 0 Å². The molecule has 0 aromatic heterocycles. The summed E-state index contributed by atoms with van der Waals surface area (Å²) in [5.74, 6) is 2.52. The minimum Gasteiger partial charge on any atom is -0.198 e. The molecule has 19 heavy (non-hydrogen) atoms. The highest BCUT2D eigenvalue weighted by atomic mass is 14.5. The molecule has 0 bridgehead atoms. The van der Waals surface area contributed by atoms with E-state index in [1.165, 1.54) is 64.2 Å². The van der Waals surface area contributed by atoms with E-state index in [2.05, 4.69) is 19.9 Å². The molecular formula is C18H31N. The zero-order chi connectivity index (χ0) is 13.7. The van der Waals surface area contributed by atoms with Gasteiger partial charge >= 0.3 is 0 Å². The van der Waals surface area contributed by atoms with Crippen LogP contribution in [0.15, 0.2) is 0 Å². The highest BCUT2D eigenvalue weighted by molar-refractivity contribution is 5.08. The Morgan fingerprint density at radius 1 is 1.16 bits per heavy atom. The Balaban J connectivity index is 2.07. The van der Waals surface area contributed by atoms with Gasteiger partial charge in [0.1, 0.15) is 0 Å². The summed E-state index contributed by atoms with van der Waals surface area (Å²) < 4.78 is 0. The molecule has 1 heteroatoms. The van der Waals surface area contributed by atoms with Crippen molar-refractivity contribution in [3.05, 3.63) is 0 Å². The molecule has 0 heterocycles. The van der Waals surface area contributed by atoms with E-state index in [1.807, 2.05) is 0 Å². The van der Waals surface area contributed by atoms with E-state index in [9.17, 15) is 5.26 Å². The molecule has 0 aromatic carbocycles. The summed E-state index contributed by atoms with van der Waals surface area (Å²) in [6.45, 7) is 4.54. The van der Waals surface area contributed by atoms with Crippen LogP contribution in [-0.2, 0) is 0 Å². The zero-order valence-electron chi connectivity index (χ0n) is 13.0. The Bertz CT molecular complexity index is 312. The quantitative estimate of drug-likeness (QED) is 0.622. The van der Waals surface area contributed by atoms with Gasteiger partial charge in [-0.05, 0) is 43.4 Å². The third-order valence-corrected chi connectivity index (χ3v) is 5.89. The first kappa shape index (κ1) is 14.9. The van der Waals surface area contributed by atoms with Crippen LogP contribution in [0.5, 0.6) is 0 Å². The number of nitrogens with zero attached hydrogens (tertiary/aromatic N) is 1. The standard InChI is InChI=1S/C18H31N/c1-3-5-7-15-9-10-16-8-6-12-18(14-19,11-4-2)17(16)13-15/h15-17H,3-13H2,1-2H3/t15-,16+,17-,18?/m1/s1. The summed E-state index contributed by atoms with van der Waals surface area (Å²) >= 11 is 0. The van der Waals surface area contributed by atoms with Gasteiger partial charge < -0.3 is 0 Å². The summed E-state index contributed by atoms with van der Waals surface area (Å²) in [6.07, 6.45) is 14.5. The number of hydrogen-bond acceptors (Lipinski definition) is 1. The van der Waals surface area contributed by atoms with Gasteiger partial charge in [0.2, 0.25) is 0 Å². The molecule has 0 N–H and O–H groups in total. The lowest BCUT2D eigenvalue weighted by Gasteiger charge is -2.48. The van der Waals surface area contributed by atoms with E-state index in [0.29, 0.717) is 0 Å². The van der Waals surface area contributed by atoms with Gasteiger partial charge in [0.05, 0.1) is 11.5 Å². The maximum Gasteiger partial charge on any atom is 0.0692 e. The second-order valence-corrected chi connectivity index (χ2v) is 7.10. The van der Waals surface area contributed by atoms with E-state index in [-0.39, 0.29) is 5.41 Å². The molecule has 0 saturated heterocycles. The van der Waals surface area contributed by atoms with Crippen molar-refractivity contribution in [1.82, 2.24) is 0 Å². The molecule has 2 aliphatic rings. The van der Waals surface area contributed by atoms with Gasteiger partial charge in [-0.2, -0.15) is 5.26 Å². The molecule has 1 unspecified atom stereocenters. The van der Waals surface area contributed by atoms with E-state index >= 15 is 0 Å². The number of hydrogen-bond donors (Lipinski definition) is 0. The first-order valence-corrected chi connectivity index (χ1v) is 8.67. The minimum absolute atomic E-state index is 0.0442. The fraction of sp³-hybridized carbons (Fsp3) is 0.944. The van der Waals surface area contributed by atoms with Crippen molar-refractivity contribution in [2.45, 2.75) is 84.5 Å². The Kier molecular flexibility index (Phi) is 5.31. The Morgan fingerprint density at radius 3 is 2.68 bits per heavy atom. The third-order valence-electron chi connectivity index (χ3n) is 5.89. The number of nitriles is 1. The molecule has 2 saturated carbocycles. The van der Waals surface area contributed by atoms with Crippen LogP contribution in [0.4, 0.5) is 0 Å². The van der Waals surface area contributed by atoms with Gasteiger partial charge in [0.15, 0.2) is 0 Å². The topological polar surface area (TPSA) is 23.8 Å². The fourth-order valence-corrected chi connectivity index (χ4v) is 4.91. The number of fused-ring (bicyclic) bond motifs is 1. The van der Waals surface area contributed by atoms with Crippen LogP contribution in [-0.4, -0.2) is 0 Å². The van der Waals surface area contributed by atoms with E-state index in [0.717, 1.165) is 24.2 Å². The van der Waals surface area contributed by atoms with Crippen molar-refractivity contribution in [1.29, 1.82) is 5.26 Å². The van der Waals surface area contributed by atoms with Gasteiger partial charge in [-0.1, -0.05) is 58.8 Å². The van der Waals surface area contributed by atoms with Crippen molar-refractivity contribution in [3.63, 3.8) is 0 Å². The highest BCUT2D eigenvalue weighted by Crippen LogP contribution is 2.54. The van der Waals surface area contributed by atoms with E-state index < -0.39 is 0 Å². The molecule has 4 atom stereocenters. The monoisotopic (exact) mass is 261 g/mol. The maximum absolute atomic E-state index is 9.82. The fourth-order valence-electron chi connectivity index (χ4n) is 4.91. The molecule has 2 aliphatic carbocycles. The molecule has 1 nitrogen and oxygen atoms in total. The van der Waals surface area contributed by atoms with Gasteiger partial charge in [-0.3, -0.25) is 0 Å². The Morgan fingerprint density at radius 2 is 2.00 bits per heavy atom.